The first-order valence-corrected chi connectivity index (χ1v) is 9.27. The molecule has 6 heteroatoms. The first-order chi connectivity index (χ1) is 11.3. The molecule has 0 N–H and O–H groups in total. The number of methoxy groups -OCH3 is 4. The van der Waals surface area contributed by atoms with Crippen molar-refractivity contribution in [3.63, 3.8) is 0 Å². The zero-order valence-corrected chi connectivity index (χ0v) is 17.6. The van der Waals surface area contributed by atoms with Gasteiger partial charge in [0.2, 0.25) is 0 Å². The summed E-state index contributed by atoms with van der Waals surface area (Å²) in [5.74, 6) is -1.71. The SMILES string of the molecule is COC1(OC)C=C(C(Br)(Br)Cc2ccccc2)CC(OC)(OC)C1. The fraction of sp³-hybridized carbons (Fsp3) is 0.556. The first-order valence-electron chi connectivity index (χ1n) is 7.69. The van der Waals surface area contributed by atoms with Gasteiger partial charge in [0.15, 0.2) is 11.6 Å². The lowest BCUT2D eigenvalue weighted by Crippen LogP contribution is -2.50. The van der Waals surface area contributed by atoms with Crippen LogP contribution < -0.4 is 0 Å². The fourth-order valence-electron chi connectivity index (χ4n) is 3.01. The van der Waals surface area contributed by atoms with Crippen LogP contribution in [0, 0.1) is 0 Å². The van der Waals surface area contributed by atoms with Gasteiger partial charge in [0.05, 0.1) is 6.42 Å². The highest BCUT2D eigenvalue weighted by molar-refractivity contribution is 9.25. The van der Waals surface area contributed by atoms with E-state index < -0.39 is 14.8 Å². The summed E-state index contributed by atoms with van der Waals surface area (Å²) in [6.07, 6.45) is 3.81. The molecule has 0 amide bonds. The van der Waals surface area contributed by atoms with E-state index in [1.165, 1.54) is 5.56 Å². The van der Waals surface area contributed by atoms with Gasteiger partial charge in [0, 0.05) is 41.3 Å². The van der Waals surface area contributed by atoms with Crippen LogP contribution in [0.2, 0.25) is 0 Å². The van der Waals surface area contributed by atoms with Gasteiger partial charge < -0.3 is 18.9 Å². The molecule has 0 radical (unpaired) electrons. The van der Waals surface area contributed by atoms with Gasteiger partial charge in [-0.2, -0.15) is 0 Å². The number of alkyl halides is 2. The number of rotatable bonds is 7. The number of benzene rings is 1. The second-order valence-corrected chi connectivity index (χ2v) is 9.70. The van der Waals surface area contributed by atoms with Gasteiger partial charge in [-0.1, -0.05) is 62.2 Å². The highest BCUT2D eigenvalue weighted by Gasteiger charge is 2.49. The minimum atomic E-state index is -0.900. The van der Waals surface area contributed by atoms with Gasteiger partial charge in [-0.25, -0.2) is 0 Å². The summed E-state index contributed by atoms with van der Waals surface area (Å²) >= 11 is 7.65. The third-order valence-corrected chi connectivity index (χ3v) is 6.12. The van der Waals surface area contributed by atoms with Crippen molar-refractivity contribution in [1.82, 2.24) is 0 Å². The molecule has 0 aliphatic heterocycles. The lowest BCUT2D eigenvalue weighted by Gasteiger charge is -2.45. The van der Waals surface area contributed by atoms with E-state index >= 15 is 0 Å². The Labute approximate surface area is 160 Å². The molecule has 0 unspecified atom stereocenters. The van der Waals surface area contributed by atoms with Gasteiger partial charge in [-0.05, 0) is 17.2 Å². The van der Waals surface area contributed by atoms with E-state index in [-0.39, 0.29) is 0 Å². The van der Waals surface area contributed by atoms with E-state index in [9.17, 15) is 0 Å². The van der Waals surface area contributed by atoms with Crippen molar-refractivity contribution >= 4 is 31.9 Å². The van der Waals surface area contributed by atoms with Crippen molar-refractivity contribution in [2.24, 2.45) is 0 Å². The summed E-state index contributed by atoms with van der Waals surface area (Å²) in [6.45, 7) is 0. The maximum absolute atomic E-state index is 5.70. The van der Waals surface area contributed by atoms with Gasteiger partial charge >= 0.3 is 0 Å². The maximum atomic E-state index is 5.70. The highest BCUT2D eigenvalue weighted by Crippen LogP contribution is 2.48. The number of hydrogen-bond donors (Lipinski definition) is 0. The molecule has 2 rings (SSSR count). The molecule has 1 aromatic carbocycles. The molecule has 1 aliphatic carbocycles. The van der Waals surface area contributed by atoms with E-state index in [2.05, 4.69) is 44.0 Å². The number of halogens is 2. The Hall–Kier alpha value is -0.240. The summed E-state index contributed by atoms with van der Waals surface area (Å²) in [5, 5.41) is 0. The Morgan fingerprint density at radius 2 is 1.54 bits per heavy atom. The third kappa shape index (κ3) is 4.29. The molecule has 134 valence electrons. The van der Waals surface area contributed by atoms with Gasteiger partial charge in [-0.15, -0.1) is 0 Å². The van der Waals surface area contributed by atoms with Crippen molar-refractivity contribution in [2.75, 3.05) is 28.4 Å². The second-order valence-electron chi connectivity index (χ2n) is 5.93. The van der Waals surface area contributed by atoms with Gasteiger partial charge in [0.25, 0.3) is 0 Å². The van der Waals surface area contributed by atoms with Crippen LogP contribution in [0.3, 0.4) is 0 Å². The van der Waals surface area contributed by atoms with Crippen LogP contribution in [0.15, 0.2) is 42.0 Å². The largest absolute Gasteiger partial charge is 0.353 e. The molecule has 0 saturated heterocycles. The minimum absolute atomic E-state index is 0.449. The van der Waals surface area contributed by atoms with Crippen LogP contribution >= 0.6 is 31.9 Å². The quantitative estimate of drug-likeness (QED) is 0.341. The summed E-state index contributed by atoms with van der Waals surface area (Å²) in [5.41, 5.74) is 2.25. The predicted octanol–water partition coefficient (Wildman–Crippen LogP) is 4.41. The molecule has 0 saturated carbocycles. The molecule has 0 bridgehead atoms. The molecule has 0 fully saturated rings. The summed E-state index contributed by atoms with van der Waals surface area (Å²) < 4.78 is 22.3. The fourth-order valence-corrected chi connectivity index (χ4v) is 4.17. The Bertz CT molecular complexity index is 564. The number of hydrogen-bond acceptors (Lipinski definition) is 4. The van der Waals surface area contributed by atoms with E-state index in [0.29, 0.717) is 12.8 Å². The molecular weight excluding hydrogens is 440 g/mol. The van der Waals surface area contributed by atoms with Crippen LogP contribution in [0.4, 0.5) is 0 Å². The van der Waals surface area contributed by atoms with Crippen LogP contribution in [-0.4, -0.2) is 43.2 Å². The average Bonchev–Trinajstić information content (AvgIpc) is 2.61. The molecule has 1 aromatic rings. The molecule has 0 aromatic heterocycles. The van der Waals surface area contributed by atoms with Crippen LogP contribution in [-0.2, 0) is 25.4 Å². The topological polar surface area (TPSA) is 36.9 Å². The van der Waals surface area contributed by atoms with Crippen molar-refractivity contribution < 1.29 is 18.9 Å². The van der Waals surface area contributed by atoms with Crippen molar-refractivity contribution in [3.8, 4) is 0 Å². The smallest absolute Gasteiger partial charge is 0.192 e. The Balaban J connectivity index is 2.39. The van der Waals surface area contributed by atoms with Crippen LogP contribution in [0.5, 0.6) is 0 Å². The lowest BCUT2D eigenvalue weighted by molar-refractivity contribution is -0.281. The zero-order valence-electron chi connectivity index (χ0n) is 14.5. The minimum Gasteiger partial charge on any atom is -0.353 e. The molecule has 0 heterocycles. The van der Waals surface area contributed by atoms with Crippen molar-refractivity contribution in [3.05, 3.63) is 47.5 Å². The molecule has 4 nitrogen and oxygen atoms in total. The van der Waals surface area contributed by atoms with Crippen molar-refractivity contribution in [2.45, 2.75) is 34.1 Å². The molecular formula is C18H24Br2O4. The molecule has 0 atom stereocenters. The normalized spacial score (nSPS) is 19.8. The third-order valence-electron chi connectivity index (χ3n) is 4.54. The van der Waals surface area contributed by atoms with E-state index in [1.54, 1.807) is 28.4 Å². The summed E-state index contributed by atoms with van der Waals surface area (Å²) in [6, 6.07) is 10.3. The van der Waals surface area contributed by atoms with E-state index in [4.69, 9.17) is 18.9 Å². The van der Waals surface area contributed by atoms with Crippen LogP contribution in [0.25, 0.3) is 0 Å². The molecule has 0 spiro atoms. The van der Waals surface area contributed by atoms with Gasteiger partial charge in [0.1, 0.15) is 3.23 Å². The van der Waals surface area contributed by atoms with Gasteiger partial charge in [-0.3, -0.25) is 0 Å². The second kappa shape index (κ2) is 7.98. The Morgan fingerprint density at radius 3 is 2.04 bits per heavy atom. The first kappa shape index (κ1) is 20.1. The summed E-state index contributed by atoms with van der Waals surface area (Å²) in [7, 11) is 6.54. The predicted molar refractivity (Wildman–Crippen MR) is 102 cm³/mol. The van der Waals surface area contributed by atoms with E-state index in [0.717, 1.165) is 12.0 Å². The lowest BCUT2D eigenvalue weighted by atomic mass is 9.86. The van der Waals surface area contributed by atoms with Crippen molar-refractivity contribution in [1.29, 1.82) is 0 Å². The molecule has 24 heavy (non-hydrogen) atoms. The monoisotopic (exact) mass is 462 g/mol. The molecule has 1 aliphatic rings. The van der Waals surface area contributed by atoms with E-state index in [1.807, 2.05) is 24.3 Å². The number of ether oxygens (including phenoxy) is 4. The van der Waals surface area contributed by atoms with Crippen LogP contribution in [0.1, 0.15) is 18.4 Å². The average molecular weight is 464 g/mol. The highest BCUT2D eigenvalue weighted by atomic mass is 79.9. The Morgan fingerprint density at radius 1 is 0.958 bits per heavy atom. The standard InChI is InChI=1S/C18H24Br2O4/c1-21-16(22-2)11-15(12-17(13-16,23-3)24-4)18(19,20)10-14-8-6-5-7-9-14/h5-9,11H,10,12-13H2,1-4H3. The zero-order chi connectivity index (χ0) is 17.8. The Kier molecular flexibility index (Phi) is 6.67. The summed E-state index contributed by atoms with van der Waals surface area (Å²) in [4.78, 5) is 0. The maximum Gasteiger partial charge on any atom is 0.192 e.